The van der Waals surface area contributed by atoms with Crippen molar-refractivity contribution in [3.8, 4) is 44.5 Å². The van der Waals surface area contributed by atoms with Crippen LogP contribution >= 0.6 is 11.8 Å². The Hall–Kier alpha value is -6.35. The highest BCUT2D eigenvalue weighted by Crippen LogP contribution is 2.65. The van der Waals surface area contributed by atoms with E-state index in [0.717, 1.165) is 0 Å². The van der Waals surface area contributed by atoms with E-state index in [0.29, 0.717) is 0 Å². The van der Waals surface area contributed by atoms with E-state index in [1.54, 1.807) is 0 Å². The Kier molecular flexibility index (Phi) is 8.06. The third kappa shape index (κ3) is 5.01. The third-order valence-electron chi connectivity index (χ3n) is 14.3. The topological polar surface area (TPSA) is 3.24 Å². The maximum Gasteiger partial charge on any atom is 0.0658 e. The van der Waals surface area contributed by atoms with Gasteiger partial charge in [0.25, 0.3) is 0 Å². The molecule has 0 bridgehead atoms. The molecule has 0 radical (unpaired) electrons. The number of rotatable bonds is 6. The molecule has 1 nitrogen and oxygen atoms in total. The van der Waals surface area contributed by atoms with Crippen molar-refractivity contribution in [1.82, 2.24) is 0 Å². The molecule has 2 heteroatoms. The van der Waals surface area contributed by atoms with Crippen molar-refractivity contribution in [1.29, 1.82) is 0 Å². The maximum absolute atomic E-state index is 2.70. The minimum atomic E-state index is -0.0311. The lowest BCUT2D eigenvalue weighted by Gasteiger charge is -2.51. The van der Waals surface area contributed by atoms with Gasteiger partial charge in [0, 0.05) is 11.4 Å². The van der Waals surface area contributed by atoms with Gasteiger partial charge < -0.3 is 4.90 Å². The van der Waals surface area contributed by atoms with Crippen LogP contribution in [0.1, 0.15) is 38.2 Å². The van der Waals surface area contributed by atoms with Gasteiger partial charge in [-0.3, -0.25) is 0 Å². The van der Waals surface area contributed by atoms with Gasteiger partial charge in [0.1, 0.15) is 0 Å². The summed E-state index contributed by atoms with van der Waals surface area (Å²) in [7, 11) is 0. The number of hydrogen-bond acceptors (Lipinski definition) is 2. The Morgan fingerprint density at radius 3 is 1.62 bits per heavy atom. The summed E-state index contributed by atoms with van der Waals surface area (Å²) in [5.74, 6) is 0. The summed E-state index contributed by atoms with van der Waals surface area (Å²) in [5, 5.41) is 10.4. The van der Waals surface area contributed by atoms with Crippen LogP contribution in [0, 0.1) is 0 Å². The van der Waals surface area contributed by atoms with Gasteiger partial charge in [-0.2, -0.15) is 11.8 Å². The van der Waals surface area contributed by atoms with Gasteiger partial charge in [0.15, 0.2) is 0 Å². The minimum Gasteiger partial charge on any atom is -0.334 e. The minimum absolute atomic E-state index is 0.0174. The van der Waals surface area contributed by atoms with Gasteiger partial charge in [0.2, 0.25) is 0 Å². The maximum atomic E-state index is 2.70. The summed E-state index contributed by atoms with van der Waals surface area (Å²) < 4.78 is -0.0174. The number of anilines is 2. The summed E-state index contributed by atoms with van der Waals surface area (Å²) >= 11 is 2.08. The molecular formula is C58H45NS. The first-order valence-electron chi connectivity index (χ1n) is 21.5. The van der Waals surface area contributed by atoms with Crippen LogP contribution < -0.4 is 4.90 Å². The molecule has 12 rings (SSSR count). The molecular weight excluding hydrogens is 743 g/mol. The normalized spacial score (nSPS) is 18.7. The Labute approximate surface area is 356 Å². The SMILES string of the molecule is CSC12CCCCC1(C)N(c1ccccc1)c1ccc(-c3cc(-c4ccccc4)c4ccc5c(-c6cccc7ccccc67)cc(-c6ccccc6)c6ccc3c4c65)cc12. The predicted molar refractivity (Wildman–Crippen MR) is 260 cm³/mol. The highest BCUT2D eigenvalue weighted by molar-refractivity contribution is 7.99. The summed E-state index contributed by atoms with van der Waals surface area (Å²) in [6.45, 7) is 2.54. The van der Waals surface area contributed by atoms with Gasteiger partial charge in [-0.1, -0.05) is 165 Å². The predicted octanol–water partition coefficient (Wildman–Crippen LogP) is 16.4. The smallest absolute Gasteiger partial charge is 0.0658 e. The van der Waals surface area contributed by atoms with Crippen molar-refractivity contribution in [2.75, 3.05) is 11.2 Å². The fourth-order valence-corrected chi connectivity index (χ4v) is 12.9. The first-order chi connectivity index (χ1) is 29.6. The number of benzene rings is 10. The Morgan fingerprint density at radius 2 is 0.967 bits per heavy atom. The van der Waals surface area contributed by atoms with Crippen LogP contribution in [0.15, 0.2) is 188 Å². The first-order valence-corrected chi connectivity index (χ1v) is 22.7. The molecule has 0 amide bonds. The molecule has 0 N–H and O–H groups in total. The molecule has 2 aliphatic rings. The molecule has 10 aromatic carbocycles. The molecule has 10 aromatic rings. The van der Waals surface area contributed by atoms with Crippen LogP contribution in [0.3, 0.4) is 0 Å². The molecule has 1 aliphatic carbocycles. The van der Waals surface area contributed by atoms with E-state index in [1.807, 2.05) is 0 Å². The number of thioether (sulfide) groups is 1. The molecule has 288 valence electrons. The largest absolute Gasteiger partial charge is 0.334 e. The van der Waals surface area contributed by atoms with Gasteiger partial charge >= 0.3 is 0 Å². The van der Waals surface area contributed by atoms with E-state index < -0.39 is 0 Å². The molecule has 0 aromatic heterocycles. The van der Waals surface area contributed by atoms with E-state index >= 15 is 0 Å². The van der Waals surface area contributed by atoms with E-state index in [-0.39, 0.29) is 10.3 Å². The lowest BCUT2D eigenvalue weighted by atomic mass is 9.71. The van der Waals surface area contributed by atoms with Crippen molar-refractivity contribution in [3.63, 3.8) is 0 Å². The molecule has 1 fully saturated rings. The van der Waals surface area contributed by atoms with Crippen LogP contribution in [-0.4, -0.2) is 11.8 Å². The monoisotopic (exact) mass is 787 g/mol. The lowest BCUT2D eigenvalue weighted by molar-refractivity contribution is 0.262. The quantitative estimate of drug-likeness (QED) is 0.154. The van der Waals surface area contributed by atoms with Crippen molar-refractivity contribution >= 4 is 66.2 Å². The van der Waals surface area contributed by atoms with E-state index in [1.165, 1.54) is 130 Å². The van der Waals surface area contributed by atoms with Crippen LogP contribution in [0.4, 0.5) is 11.4 Å². The number of nitrogens with zero attached hydrogens (tertiary/aromatic N) is 1. The molecule has 1 saturated carbocycles. The average Bonchev–Trinajstić information content (AvgIpc) is 3.55. The summed E-state index contributed by atoms with van der Waals surface area (Å²) in [5.41, 5.74) is 14.2. The van der Waals surface area contributed by atoms with Crippen molar-refractivity contribution < 1.29 is 0 Å². The van der Waals surface area contributed by atoms with Crippen LogP contribution in [-0.2, 0) is 4.75 Å². The Bertz CT molecular complexity index is 3260. The molecule has 0 saturated heterocycles. The van der Waals surface area contributed by atoms with Crippen LogP contribution in [0.25, 0.3) is 87.6 Å². The van der Waals surface area contributed by atoms with Gasteiger partial charge in [-0.05, 0) is 156 Å². The number of para-hydroxylation sites is 1. The van der Waals surface area contributed by atoms with Gasteiger partial charge in [-0.15, -0.1) is 0 Å². The molecule has 60 heavy (non-hydrogen) atoms. The summed E-state index contributed by atoms with van der Waals surface area (Å²) in [6, 6.07) is 70.8. The molecule has 1 aliphatic heterocycles. The first kappa shape index (κ1) is 35.6. The number of fused-ring (bicyclic) bond motifs is 4. The second-order valence-corrected chi connectivity index (χ2v) is 18.3. The fourth-order valence-electron chi connectivity index (χ4n) is 11.6. The zero-order valence-corrected chi connectivity index (χ0v) is 34.9. The van der Waals surface area contributed by atoms with E-state index in [4.69, 9.17) is 0 Å². The highest BCUT2D eigenvalue weighted by Gasteiger charge is 2.60. The molecule has 0 spiro atoms. The van der Waals surface area contributed by atoms with Crippen molar-refractivity contribution in [2.45, 2.75) is 42.9 Å². The number of hydrogen-bond donors (Lipinski definition) is 0. The Morgan fingerprint density at radius 1 is 0.433 bits per heavy atom. The Balaban J connectivity index is 1.19. The average molecular weight is 788 g/mol. The van der Waals surface area contributed by atoms with E-state index in [2.05, 4.69) is 218 Å². The zero-order chi connectivity index (χ0) is 40.0. The summed E-state index contributed by atoms with van der Waals surface area (Å²) in [4.78, 5) is 2.70. The summed E-state index contributed by atoms with van der Waals surface area (Å²) in [6.07, 6.45) is 7.21. The van der Waals surface area contributed by atoms with Crippen molar-refractivity contribution in [3.05, 3.63) is 194 Å². The molecule has 1 heterocycles. The van der Waals surface area contributed by atoms with Crippen LogP contribution in [0.5, 0.6) is 0 Å². The lowest BCUT2D eigenvalue weighted by Crippen LogP contribution is -2.54. The second-order valence-electron chi connectivity index (χ2n) is 17.2. The van der Waals surface area contributed by atoms with Gasteiger partial charge in [-0.25, -0.2) is 0 Å². The van der Waals surface area contributed by atoms with Gasteiger partial charge in [0.05, 0.1) is 10.3 Å². The highest BCUT2D eigenvalue weighted by atomic mass is 32.2. The second kappa shape index (κ2) is 13.6. The third-order valence-corrected chi connectivity index (χ3v) is 15.9. The van der Waals surface area contributed by atoms with Crippen LogP contribution in [0.2, 0.25) is 0 Å². The fraction of sp³-hybridized carbons (Fsp3) is 0.138. The zero-order valence-electron chi connectivity index (χ0n) is 34.1. The molecule has 2 atom stereocenters. The molecule has 2 unspecified atom stereocenters. The van der Waals surface area contributed by atoms with E-state index in [9.17, 15) is 0 Å². The standard InChI is InChI=1S/C58H45NS/c1-57-33-14-15-34-58(57,60-2)53-35-41(27-32-54(53)59(57)42-23-10-5-11-24-42)51-36-49(39-17-6-3-7-18-39)45-30-31-48-52(44-26-16-22-38-21-12-13-25-43(38)44)37-50(40-19-8-4-9-20-40)46-28-29-47(51)55(45)56(46)48/h3-13,16-32,35-37H,14-15,33-34H2,1-2H3. The van der Waals surface area contributed by atoms with Crippen molar-refractivity contribution in [2.24, 2.45) is 0 Å².